The summed E-state index contributed by atoms with van der Waals surface area (Å²) in [4.78, 5) is 2.27. The Morgan fingerprint density at radius 3 is 1.97 bits per heavy atom. The van der Waals surface area contributed by atoms with Crippen molar-refractivity contribution >= 4 is 54.9 Å². The van der Waals surface area contributed by atoms with Crippen LogP contribution in [-0.4, -0.2) is 0 Å². The number of para-hydroxylation sites is 2. The van der Waals surface area contributed by atoms with Crippen LogP contribution < -0.4 is 4.90 Å². The molecule has 33 heavy (non-hydrogen) atoms. The maximum absolute atomic E-state index is 5.99. The summed E-state index contributed by atoms with van der Waals surface area (Å²) in [7, 11) is 0. The first kappa shape index (κ1) is 19.8. The van der Waals surface area contributed by atoms with E-state index in [0.717, 1.165) is 43.5 Å². The maximum Gasteiger partial charge on any atom is 0.135 e. The SMILES string of the molecule is Brc1cccc(N(c2ccccc2)c2ccc(-c3ccc4oc5ccccc5c4c3)cc2)c1. The molecule has 6 aromatic rings. The molecule has 3 heteroatoms. The van der Waals surface area contributed by atoms with Gasteiger partial charge in [0.25, 0.3) is 0 Å². The van der Waals surface area contributed by atoms with Crippen molar-refractivity contribution in [3.63, 3.8) is 0 Å². The van der Waals surface area contributed by atoms with Gasteiger partial charge in [-0.25, -0.2) is 0 Å². The number of fused-ring (bicyclic) bond motifs is 3. The maximum atomic E-state index is 5.99. The van der Waals surface area contributed by atoms with E-state index in [0.29, 0.717) is 0 Å². The molecule has 1 aromatic heterocycles. The van der Waals surface area contributed by atoms with Gasteiger partial charge in [-0.05, 0) is 71.8 Å². The van der Waals surface area contributed by atoms with Gasteiger partial charge in [0.15, 0.2) is 0 Å². The quantitative estimate of drug-likeness (QED) is 0.245. The van der Waals surface area contributed by atoms with Crippen molar-refractivity contribution in [2.45, 2.75) is 0 Å². The van der Waals surface area contributed by atoms with Crippen molar-refractivity contribution < 1.29 is 4.42 Å². The van der Waals surface area contributed by atoms with Gasteiger partial charge in [0.2, 0.25) is 0 Å². The highest BCUT2D eigenvalue weighted by Crippen LogP contribution is 2.37. The minimum Gasteiger partial charge on any atom is -0.456 e. The molecular formula is C30H20BrNO. The average molecular weight is 490 g/mol. The highest BCUT2D eigenvalue weighted by Gasteiger charge is 2.13. The summed E-state index contributed by atoms with van der Waals surface area (Å²) in [5.41, 5.74) is 7.53. The number of hydrogen-bond acceptors (Lipinski definition) is 2. The number of furan rings is 1. The second kappa shape index (κ2) is 8.27. The van der Waals surface area contributed by atoms with E-state index in [1.54, 1.807) is 0 Å². The van der Waals surface area contributed by atoms with Crippen molar-refractivity contribution in [2.75, 3.05) is 4.90 Å². The van der Waals surface area contributed by atoms with Crippen molar-refractivity contribution in [1.82, 2.24) is 0 Å². The fourth-order valence-electron chi connectivity index (χ4n) is 4.35. The van der Waals surface area contributed by atoms with Gasteiger partial charge in [-0.3, -0.25) is 0 Å². The van der Waals surface area contributed by atoms with Gasteiger partial charge in [0.1, 0.15) is 11.2 Å². The molecule has 0 fully saturated rings. The van der Waals surface area contributed by atoms with Crippen LogP contribution in [-0.2, 0) is 0 Å². The van der Waals surface area contributed by atoms with E-state index in [-0.39, 0.29) is 0 Å². The molecule has 0 bridgehead atoms. The van der Waals surface area contributed by atoms with Gasteiger partial charge in [-0.2, -0.15) is 0 Å². The normalized spacial score (nSPS) is 11.2. The molecule has 0 aliphatic rings. The summed E-state index contributed by atoms with van der Waals surface area (Å²) in [5.74, 6) is 0. The second-order valence-corrected chi connectivity index (χ2v) is 8.92. The summed E-state index contributed by atoms with van der Waals surface area (Å²) in [6.07, 6.45) is 0. The van der Waals surface area contributed by atoms with E-state index in [2.05, 4.69) is 118 Å². The second-order valence-electron chi connectivity index (χ2n) is 8.01. The first-order chi connectivity index (χ1) is 16.3. The third-order valence-electron chi connectivity index (χ3n) is 5.92. The van der Waals surface area contributed by atoms with Gasteiger partial charge in [0.05, 0.1) is 0 Å². The number of hydrogen-bond donors (Lipinski definition) is 0. The lowest BCUT2D eigenvalue weighted by Gasteiger charge is -2.25. The highest BCUT2D eigenvalue weighted by atomic mass is 79.9. The molecule has 0 radical (unpaired) electrons. The van der Waals surface area contributed by atoms with Gasteiger partial charge >= 0.3 is 0 Å². The molecule has 0 atom stereocenters. The molecule has 5 aromatic carbocycles. The topological polar surface area (TPSA) is 16.4 Å². The Kier molecular flexibility index (Phi) is 4.97. The van der Waals surface area contributed by atoms with Gasteiger partial charge in [0, 0.05) is 32.3 Å². The van der Waals surface area contributed by atoms with Crippen LogP contribution in [0.1, 0.15) is 0 Å². The Labute approximate surface area is 200 Å². The molecular weight excluding hydrogens is 470 g/mol. The van der Waals surface area contributed by atoms with E-state index in [9.17, 15) is 0 Å². The number of anilines is 3. The Bertz CT molecular complexity index is 1570. The van der Waals surface area contributed by atoms with E-state index in [1.165, 1.54) is 11.1 Å². The van der Waals surface area contributed by atoms with Crippen LogP contribution in [0, 0.1) is 0 Å². The van der Waals surface area contributed by atoms with Gasteiger partial charge in [-0.15, -0.1) is 0 Å². The summed E-state index contributed by atoms with van der Waals surface area (Å²) in [6.45, 7) is 0. The van der Waals surface area contributed by atoms with Gasteiger partial charge in [-0.1, -0.05) is 76.6 Å². The third-order valence-corrected chi connectivity index (χ3v) is 6.41. The summed E-state index contributed by atoms with van der Waals surface area (Å²) >= 11 is 3.62. The lowest BCUT2D eigenvalue weighted by atomic mass is 10.0. The highest BCUT2D eigenvalue weighted by molar-refractivity contribution is 9.10. The van der Waals surface area contributed by atoms with Gasteiger partial charge < -0.3 is 9.32 Å². The first-order valence-corrected chi connectivity index (χ1v) is 11.7. The molecule has 0 amide bonds. The molecule has 0 aliphatic heterocycles. The minimum absolute atomic E-state index is 0.918. The fraction of sp³-hybridized carbons (Fsp3) is 0. The Morgan fingerprint density at radius 2 is 1.15 bits per heavy atom. The standard InChI is InChI=1S/C30H20BrNO/c31-23-7-6-10-26(20-23)32(24-8-2-1-3-9-24)25-16-13-21(14-17-25)22-15-18-30-28(19-22)27-11-4-5-12-29(27)33-30/h1-20H. The molecule has 0 N–H and O–H groups in total. The summed E-state index contributed by atoms with van der Waals surface area (Å²) in [5, 5.41) is 2.29. The smallest absolute Gasteiger partial charge is 0.135 e. The Balaban J connectivity index is 1.42. The molecule has 0 unspecified atom stereocenters. The van der Waals surface area contributed by atoms with Crippen LogP contribution in [0.5, 0.6) is 0 Å². The largest absolute Gasteiger partial charge is 0.456 e. The molecule has 0 spiro atoms. The number of nitrogens with zero attached hydrogens (tertiary/aromatic N) is 1. The van der Waals surface area contributed by atoms with Crippen LogP contribution >= 0.6 is 15.9 Å². The first-order valence-electron chi connectivity index (χ1n) is 10.9. The van der Waals surface area contributed by atoms with E-state index < -0.39 is 0 Å². The molecule has 6 rings (SSSR count). The predicted octanol–water partition coefficient (Wildman–Crippen LogP) is 9.49. The zero-order valence-corrected chi connectivity index (χ0v) is 19.4. The lowest BCUT2D eigenvalue weighted by molar-refractivity contribution is 0.669. The van der Waals surface area contributed by atoms with Crippen LogP contribution in [0.25, 0.3) is 33.1 Å². The van der Waals surface area contributed by atoms with E-state index >= 15 is 0 Å². The monoisotopic (exact) mass is 489 g/mol. The number of halogens is 1. The molecule has 1 heterocycles. The zero-order valence-electron chi connectivity index (χ0n) is 17.8. The lowest BCUT2D eigenvalue weighted by Crippen LogP contribution is -2.09. The van der Waals surface area contributed by atoms with Crippen LogP contribution in [0.15, 0.2) is 130 Å². The van der Waals surface area contributed by atoms with Crippen LogP contribution in [0.3, 0.4) is 0 Å². The van der Waals surface area contributed by atoms with Crippen molar-refractivity contribution in [2.24, 2.45) is 0 Å². The summed E-state index contributed by atoms with van der Waals surface area (Å²) in [6, 6.07) is 42.2. The molecule has 2 nitrogen and oxygen atoms in total. The third kappa shape index (κ3) is 3.71. The van der Waals surface area contributed by atoms with Crippen molar-refractivity contribution in [3.8, 4) is 11.1 Å². The minimum atomic E-state index is 0.918. The predicted molar refractivity (Wildman–Crippen MR) is 142 cm³/mol. The zero-order chi connectivity index (χ0) is 22.2. The fourth-order valence-corrected chi connectivity index (χ4v) is 4.74. The number of rotatable bonds is 4. The van der Waals surface area contributed by atoms with Crippen molar-refractivity contribution in [3.05, 3.63) is 126 Å². The molecule has 0 saturated carbocycles. The van der Waals surface area contributed by atoms with Crippen LogP contribution in [0.4, 0.5) is 17.1 Å². The van der Waals surface area contributed by atoms with Crippen LogP contribution in [0.2, 0.25) is 0 Å². The molecule has 158 valence electrons. The van der Waals surface area contributed by atoms with Crippen molar-refractivity contribution in [1.29, 1.82) is 0 Å². The Morgan fingerprint density at radius 1 is 0.485 bits per heavy atom. The number of benzene rings is 5. The average Bonchev–Trinajstić information content (AvgIpc) is 3.23. The molecule has 0 aliphatic carbocycles. The Hall–Kier alpha value is -3.82. The van der Waals surface area contributed by atoms with E-state index in [1.807, 2.05) is 24.3 Å². The summed E-state index contributed by atoms with van der Waals surface area (Å²) < 4.78 is 7.04. The van der Waals surface area contributed by atoms with E-state index in [4.69, 9.17) is 4.42 Å². The molecule has 0 saturated heterocycles.